The Labute approximate surface area is 124 Å². The molecule has 0 unspecified atom stereocenters. The SMILES string of the molecule is Cc1nc2ccc(NC3CC(c4ccccc4)C3)cc2[nH]1. The molecule has 1 aliphatic carbocycles. The van der Waals surface area contributed by atoms with Crippen LogP contribution in [-0.2, 0) is 0 Å². The molecule has 1 aliphatic rings. The molecule has 0 radical (unpaired) electrons. The summed E-state index contributed by atoms with van der Waals surface area (Å²) in [4.78, 5) is 7.73. The fraction of sp³-hybridized carbons (Fsp3) is 0.278. The lowest BCUT2D eigenvalue weighted by Crippen LogP contribution is -2.33. The fourth-order valence-corrected chi connectivity index (χ4v) is 3.20. The number of hydrogen-bond acceptors (Lipinski definition) is 2. The number of H-pyrrole nitrogens is 1. The van der Waals surface area contributed by atoms with Gasteiger partial charge in [-0.25, -0.2) is 4.98 Å². The monoisotopic (exact) mass is 277 g/mol. The number of imidazole rings is 1. The molecule has 3 aromatic rings. The Morgan fingerprint density at radius 2 is 1.90 bits per heavy atom. The van der Waals surface area contributed by atoms with Gasteiger partial charge in [-0.1, -0.05) is 30.3 Å². The first-order chi connectivity index (χ1) is 10.3. The largest absolute Gasteiger partial charge is 0.382 e. The first kappa shape index (κ1) is 12.5. The van der Waals surface area contributed by atoms with Crippen LogP contribution in [-0.4, -0.2) is 16.0 Å². The number of nitrogens with zero attached hydrogens (tertiary/aromatic N) is 1. The molecule has 1 heterocycles. The van der Waals surface area contributed by atoms with Crippen LogP contribution >= 0.6 is 0 Å². The molecule has 1 saturated carbocycles. The molecular weight excluding hydrogens is 258 g/mol. The van der Waals surface area contributed by atoms with E-state index in [2.05, 4.69) is 63.8 Å². The summed E-state index contributed by atoms with van der Waals surface area (Å²) in [6.07, 6.45) is 2.42. The molecule has 3 nitrogen and oxygen atoms in total. The lowest BCUT2D eigenvalue weighted by molar-refractivity contribution is 0.374. The summed E-state index contributed by atoms with van der Waals surface area (Å²) in [5.41, 5.74) is 4.79. The molecule has 0 bridgehead atoms. The zero-order chi connectivity index (χ0) is 14.2. The third kappa shape index (κ3) is 2.40. The van der Waals surface area contributed by atoms with Crippen molar-refractivity contribution >= 4 is 16.7 Å². The second-order valence-electron chi connectivity index (χ2n) is 5.97. The van der Waals surface area contributed by atoms with Gasteiger partial charge in [0, 0.05) is 11.7 Å². The number of benzene rings is 2. The van der Waals surface area contributed by atoms with Gasteiger partial charge in [-0.3, -0.25) is 0 Å². The Balaban J connectivity index is 1.43. The van der Waals surface area contributed by atoms with Crippen LogP contribution in [0.4, 0.5) is 5.69 Å². The van der Waals surface area contributed by atoms with Crippen molar-refractivity contribution in [3.8, 4) is 0 Å². The molecule has 1 aromatic heterocycles. The maximum absolute atomic E-state index is 4.44. The number of hydrogen-bond donors (Lipinski definition) is 2. The molecular formula is C18H19N3. The minimum atomic E-state index is 0.580. The van der Waals surface area contributed by atoms with Gasteiger partial charge in [0.15, 0.2) is 0 Å². The molecule has 2 N–H and O–H groups in total. The lowest BCUT2D eigenvalue weighted by atomic mass is 9.76. The van der Waals surface area contributed by atoms with Gasteiger partial charge in [0.1, 0.15) is 5.82 Å². The lowest BCUT2D eigenvalue weighted by Gasteiger charge is -2.37. The number of fused-ring (bicyclic) bond motifs is 1. The van der Waals surface area contributed by atoms with E-state index in [1.54, 1.807) is 0 Å². The third-order valence-electron chi connectivity index (χ3n) is 4.38. The summed E-state index contributed by atoms with van der Waals surface area (Å²) < 4.78 is 0. The predicted octanol–water partition coefficient (Wildman–Crippen LogP) is 4.23. The quantitative estimate of drug-likeness (QED) is 0.752. The van der Waals surface area contributed by atoms with E-state index in [1.165, 1.54) is 24.1 Å². The zero-order valence-corrected chi connectivity index (χ0v) is 12.1. The fourth-order valence-electron chi connectivity index (χ4n) is 3.20. The van der Waals surface area contributed by atoms with Crippen molar-refractivity contribution in [2.24, 2.45) is 0 Å². The van der Waals surface area contributed by atoms with E-state index >= 15 is 0 Å². The minimum absolute atomic E-state index is 0.580. The first-order valence-corrected chi connectivity index (χ1v) is 7.56. The van der Waals surface area contributed by atoms with E-state index in [0.717, 1.165) is 16.9 Å². The highest BCUT2D eigenvalue weighted by Gasteiger charge is 2.29. The maximum atomic E-state index is 4.44. The van der Waals surface area contributed by atoms with Crippen LogP contribution < -0.4 is 5.32 Å². The van der Waals surface area contributed by atoms with E-state index in [1.807, 2.05) is 6.92 Å². The third-order valence-corrected chi connectivity index (χ3v) is 4.38. The molecule has 3 heteroatoms. The predicted molar refractivity (Wildman–Crippen MR) is 86.7 cm³/mol. The van der Waals surface area contributed by atoms with Crippen molar-refractivity contribution < 1.29 is 0 Å². The average molecular weight is 277 g/mol. The normalized spacial score (nSPS) is 21.2. The van der Waals surface area contributed by atoms with Crippen LogP contribution in [0.2, 0.25) is 0 Å². The van der Waals surface area contributed by atoms with Gasteiger partial charge in [-0.05, 0) is 49.4 Å². The molecule has 0 atom stereocenters. The number of nitrogens with one attached hydrogen (secondary N) is 2. The summed E-state index contributed by atoms with van der Waals surface area (Å²) in [6, 6.07) is 17.8. The second kappa shape index (κ2) is 4.92. The molecule has 0 saturated heterocycles. The van der Waals surface area contributed by atoms with Gasteiger partial charge in [0.2, 0.25) is 0 Å². The summed E-state index contributed by atoms with van der Waals surface area (Å²) in [7, 11) is 0. The molecule has 1 fully saturated rings. The summed E-state index contributed by atoms with van der Waals surface area (Å²) in [6.45, 7) is 1.99. The number of anilines is 1. The molecule has 21 heavy (non-hydrogen) atoms. The Hall–Kier alpha value is -2.29. The van der Waals surface area contributed by atoms with E-state index in [9.17, 15) is 0 Å². The summed E-state index contributed by atoms with van der Waals surface area (Å²) >= 11 is 0. The van der Waals surface area contributed by atoms with Gasteiger partial charge in [-0.2, -0.15) is 0 Å². The topological polar surface area (TPSA) is 40.7 Å². The van der Waals surface area contributed by atoms with Crippen molar-refractivity contribution in [2.45, 2.75) is 31.7 Å². The van der Waals surface area contributed by atoms with E-state index < -0.39 is 0 Å². The second-order valence-corrected chi connectivity index (χ2v) is 5.97. The molecule has 106 valence electrons. The van der Waals surface area contributed by atoms with Gasteiger partial charge in [-0.15, -0.1) is 0 Å². The number of aromatic nitrogens is 2. The Morgan fingerprint density at radius 3 is 2.71 bits per heavy atom. The van der Waals surface area contributed by atoms with Gasteiger partial charge < -0.3 is 10.3 Å². The van der Waals surface area contributed by atoms with Crippen LogP contribution in [0.1, 0.15) is 30.1 Å². The molecule has 0 amide bonds. The van der Waals surface area contributed by atoms with E-state index in [4.69, 9.17) is 0 Å². The molecule has 2 aromatic carbocycles. The maximum Gasteiger partial charge on any atom is 0.104 e. The van der Waals surface area contributed by atoms with Gasteiger partial charge in [0.25, 0.3) is 0 Å². The van der Waals surface area contributed by atoms with Crippen LogP contribution in [0, 0.1) is 6.92 Å². The zero-order valence-electron chi connectivity index (χ0n) is 12.1. The van der Waals surface area contributed by atoms with Crippen LogP contribution in [0.25, 0.3) is 11.0 Å². The summed E-state index contributed by atoms with van der Waals surface area (Å²) in [5, 5.41) is 3.63. The molecule has 4 rings (SSSR count). The van der Waals surface area contributed by atoms with Crippen molar-refractivity contribution in [2.75, 3.05) is 5.32 Å². The van der Waals surface area contributed by atoms with E-state index in [0.29, 0.717) is 12.0 Å². The highest BCUT2D eigenvalue weighted by Crippen LogP contribution is 2.38. The smallest absolute Gasteiger partial charge is 0.104 e. The first-order valence-electron chi connectivity index (χ1n) is 7.56. The highest BCUT2D eigenvalue weighted by molar-refractivity contribution is 5.79. The number of aromatic amines is 1. The van der Waals surface area contributed by atoms with Crippen molar-refractivity contribution in [1.29, 1.82) is 0 Å². The standard InChI is InChI=1S/C18H19N3/c1-12-19-17-8-7-15(11-18(17)20-12)21-16-9-14(10-16)13-5-3-2-4-6-13/h2-8,11,14,16,21H,9-10H2,1H3,(H,19,20). The molecule has 0 aliphatic heterocycles. The van der Waals surface area contributed by atoms with Gasteiger partial charge >= 0.3 is 0 Å². The van der Waals surface area contributed by atoms with Gasteiger partial charge in [0.05, 0.1) is 11.0 Å². The van der Waals surface area contributed by atoms with Crippen LogP contribution in [0.3, 0.4) is 0 Å². The van der Waals surface area contributed by atoms with Crippen LogP contribution in [0.15, 0.2) is 48.5 Å². The minimum Gasteiger partial charge on any atom is -0.382 e. The Bertz CT molecular complexity index is 754. The van der Waals surface area contributed by atoms with Crippen molar-refractivity contribution in [3.63, 3.8) is 0 Å². The Morgan fingerprint density at radius 1 is 1.10 bits per heavy atom. The van der Waals surface area contributed by atoms with E-state index in [-0.39, 0.29) is 0 Å². The average Bonchev–Trinajstić information content (AvgIpc) is 2.82. The summed E-state index contributed by atoms with van der Waals surface area (Å²) in [5.74, 6) is 1.68. The Kier molecular flexibility index (Phi) is 2.92. The highest BCUT2D eigenvalue weighted by atomic mass is 15.0. The van der Waals surface area contributed by atoms with Crippen molar-refractivity contribution in [3.05, 3.63) is 59.9 Å². The molecule has 0 spiro atoms. The number of rotatable bonds is 3. The number of aryl methyl sites for hydroxylation is 1. The van der Waals surface area contributed by atoms with Crippen molar-refractivity contribution in [1.82, 2.24) is 9.97 Å². The van der Waals surface area contributed by atoms with Crippen LogP contribution in [0.5, 0.6) is 0 Å².